The van der Waals surface area contributed by atoms with Crippen molar-refractivity contribution in [2.75, 3.05) is 0 Å². The number of nitrogens with one attached hydrogen (secondary N) is 1. The summed E-state index contributed by atoms with van der Waals surface area (Å²) in [5.41, 5.74) is -0.113. The van der Waals surface area contributed by atoms with Gasteiger partial charge in [0.15, 0.2) is 11.7 Å². The van der Waals surface area contributed by atoms with Crippen molar-refractivity contribution in [1.82, 2.24) is 10.3 Å². The Morgan fingerprint density at radius 3 is 2.74 bits per heavy atom. The summed E-state index contributed by atoms with van der Waals surface area (Å²) in [4.78, 5) is 15.9. The lowest BCUT2D eigenvalue weighted by Gasteiger charge is -2.24. The van der Waals surface area contributed by atoms with Crippen LogP contribution in [0.4, 0.5) is 8.78 Å². The van der Waals surface area contributed by atoms with Gasteiger partial charge in [0.1, 0.15) is 11.6 Å². The zero-order chi connectivity index (χ0) is 17.0. The number of halogens is 2. The van der Waals surface area contributed by atoms with Gasteiger partial charge in [-0.2, -0.15) is 0 Å². The van der Waals surface area contributed by atoms with E-state index in [-0.39, 0.29) is 29.2 Å². The molecule has 6 heteroatoms. The molecule has 0 aliphatic rings. The fourth-order valence-electron chi connectivity index (χ4n) is 1.99. The maximum Gasteiger partial charge on any atom is 0.220 e. The Balaban J connectivity index is 1.99. The van der Waals surface area contributed by atoms with Crippen LogP contribution in [0.25, 0.3) is 11.3 Å². The summed E-state index contributed by atoms with van der Waals surface area (Å²) in [6.07, 6.45) is 2.75. The number of benzene rings is 1. The highest BCUT2D eigenvalue weighted by Gasteiger charge is 2.18. The van der Waals surface area contributed by atoms with E-state index in [0.717, 1.165) is 18.6 Å². The summed E-state index contributed by atoms with van der Waals surface area (Å²) in [5.74, 6) is -0.902. The molecule has 0 unspecified atom stereocenters. The van der Waals surface area contributed by atoms with Gasteiger partial charge < -0.3 is 9.73 Å². The number of amides is 1. The van der Waals surface area contributed by atoms with Gasteiger partial charge in [0.2, 0.25) is 5.91 Å². The molecule has 0 aliphatic heterocycles. The minimum Gasteiger partial charge on any atom is -0.441 e. The van der Waals surface area contributed by atoms with Crippen LogP contribution in [-0.4, -0.2) is 16.4 Å². The average molecular weight is 322 g/mol. The first-order chi connectivity index (χ1) is 10.8. The van der Waals surface area contributed by atoms with Crippen LogP contribution in [0.2, 0.25) is 0 Å². The van der Waals surface area contributed by atoms with Crippen LogP contribution in [-0.2, 0) is 11.2 Å². The molecule has 0 saturated heterocycles. The number of hydrogen-bond acceptors (Lipinski definition) is 3. The van der Waals surface area contributed by atoms with Crippen molar-refractivity contribution in [2.24, 2.45) is 0 Å². The minimum absolute atomic E-state index is 0.0930. The van der Waals surface area contributed by atoms with Gasteiger partial charge in [-0.15, -0.1) is 0 Å². The van der Waals surface area contributed by atoms with E-state index in [2.05, 4.69) is 10.3 Å². The lowest BCUT2D eigenvalue weighted by Crippen LogP contribution is -2.42. The number of aryl methyl sites for hydroxylation is 1. The van der Waals surface area contributed by atoms with Gasteiger partial charge in [-0.3, -0.25) is 4.79 Å². The second-order valence-electron chi connectivity index (χ2n) is 6.03. The van der Waals surface area contributed by atoms with Crippen LogP contribution in [0, 0.1) is 11.6 Å². The Kier molecular flexibility index (Phi) is 5.13. The minimum atomic E-state index is -0.713. The molecule has 0 radical (unpaired) electrons. The maximum atomic E-state index is 13.7. The molecule has 0 atom stereocenters. The van der Waals surface area contributed by atoms with Crippen LogP contribution < -0.4 is 5.32 Å². The summed E-state index contributed by atoms with van der Waals surface area (Å²) in [5, 5.41) is 2.92. The van der Waals surface area contributed by atoms with E-state index in [1.165, 1.54) is 12.3 Å². The first-order valence-corrected chi connectivity index (χ1v) is 7.52. The van der Waals surface area contributed by atoms with Crippen molar-refractivity contribution in [2.45, 2.75) is 45.6 Å². The van der Waals surface area contributed by atoms with Crippen LogP contribution in [0.5, 0.6) is 0 Å². The number of carbonyl (C=O) groups excluding carboxylic acids is 1. The lowest BCUT2D eigenvalue weighted by molar-refractivity contribution is -0.122. The van der Waals surface area contributed by atoms with E-state index >= 15 is 0 Å². The maximum absolute atomic E-state index is 13.7. The Morgan fingerprint density at radius 2 is 2.09 bits per heavy atom. The zero-order valence-electron chi connectivity index (χ0n) is 13.5. The molecule has 1 amide bonds. The fourth-order valence-corrected chi connectivity index (χ4v) is 1.99. The molecule has 4 nitrogen and oxygen atoms in total. The second-order valence-corrected chi connectivity index (χ2v) is 6.03. The monoisotopic (exact) mass is 322 g/mol. The van der Waals surface area contributed by atoms with E-state index in [4.69, 9.17) is 4.42 Å². The molecule has 23 heavy (non-hydrogen) atoms. The van der Waals surface area contributed by atoms with Crippen LogP contribution in [0.3, 0.4) is 0 Å². The smallest absolute Gasteiger partial charge is 0.220 e. The first kappa shape index (κ1) is 17.1. The van der Waals surface area contributed by atoms with E-state index in [9.17, 15) is 13.6 Å². The molecule has 0 saturated carbocycles. The van der Waals surface area contributed by atoms with Crippen molar-refractivity contribution in [1.29, 1.82) is 0 Å². The molecule has 2 aromatic rings. The molecule has 0 spiro atoms. The average Bonchev–Trinajstić information content (AvgIpc) is 2.93. The van der Waals surface area contributed by atoms with Gasteiger partial charge in [0, 0.05) is 24.4 Å². The molecular formula is C17H20F2N2O2. The van der Waals surface area contributed by atoms with Gasteiger partial charge in [-0.1, -0.05) is 6.92 Å². The number of oxazole rings is 1. The number of nitrogens with zero attached hydrogens (tertiary/aromatic N) is 1. The summed E-state index contributed by atoms with van der Waals surface area (Å²) >= 11 is 0. The fraction of sp³-hybridized carbons (Fsp3) is 0.412. The predicted octanol–water partition coefficient (Wildman–Crippen LogP) is 3.86. The van der Waals surface area contributed by atoms with Gasteiger partial charge >= 0.3 is 0 Å². The van der Waals surface area contributed by atoms with Crippen molar-refractivity contribution in [3.63, 3.8) is 0 Å². The molecule has 1 heterocycles. The van der Waals surface area contributed by atoms with E-state index < -0.39 is 11.6 Å². The highest BCUT2D eigenvalue weighted by Crippen LogP contribution is 2.24. The number of carbonyl (C=O) groups is 1. The Bertz CT molecular complexity index is 696. The number of hydrogen-bond donors (Lipinski definition) is 1. The molecule has 0 fully saturated rings. The summed E-state index contributed by atoms with van der Waals surface area (Å²) < 4.78 is 32.0. The zero-order valence-corrected chi connectivity index (χ0v) is 13.5. The summed E-state index contributed by atoms with van der Waals surface area (Å²) in [7, 11) is 0. The SMILES string of the molecule is CCC(C)(C)NC(=O)CCc1ncc(-c2ccc(F)cc2F)o1. The van der Waals surface area contributed by atoms with Gasteiger partial charge in [-0.25, -0.2) is 13.8 Å². The van der Waals surface area contributed by atoms with Crippen LogP contribution in [0.1, 0.15) is 39.5 Å². The number of rotatable bonds is 6. The van der Waals surface area contributed by atoms with Crippen molar-refractivity contribution in [3.05, 3.63) is 41.9 Å². The molecule has 124 valence electrons. The van der Waals surface area contributed by atoms with E-state index in [1.807, 2.05) is 20.8 Å². The van der Waals surface area contributed by atoms with Crippen molar-refractivity contribution in [3.8, 4) is 11.3 Å². The van der Waals surface area contributed by atoms with Crippen LogP contribution >= 0.6 is 0 Å². The van der Waals surface area contributed by atoms with Gasteiger partial charge in [-0.05, 0) is 32.4 Å². The normalized spacial score (nSPS) is 11.5. The van der Waals surface area contributed by atoms with Gasteiger partial charge in [0.05, 0.1) is 11.8 Å². The predicted molar refractivity (Wildman–Crippen MR) is 82.7 cm³/mol. The largest absolute Gasteiger partial charge is 0.441 e. The second kappa shape index (κ2) is 6.89. The quantitative estimate of drug-likeness (QED) is 0.878. The third-order valence-corrected chi connectivity index (χ3v) is 3.68. The Morgan fingerprint density at radius 1 is 1.35 bits per heavy atom. The molecule has 2 rings (SSSR count). The third kappa shape index (κ3) is 4.61. The van der Waals surface area contributed by atoms with Crippen molar-refractivity contribution < 1.29 is 18.0 Å². The topological polar surface area (TPSA) is 55.1 Å². The molecule has 0 bridgehead atoms. The Hall–Kier alpha value is -2.24. The Labute approximate surface area is 133 Å². The highest BCUT2D eigenvalue weighted by molar-refractivity contribution is 5.76. The molecule has 1 N–H and O–H groups in total. The number of aromatic nitrogens is 1. The third-order valence-electron chi connectivity index (χ3n) is 3.68. The first-order valence-electron chi connectivity index (χ1n) is 7.52. The molecule has 0 aliphatic carbocycles. The lowest BCUT2D eigenvalue weighted by atomic mass is 10.0. The van der Waals surface area contributed by atoms with Crippen LogP contribution in [0.15, 0.2) is 28.8 Å². The van der Waals surface area contributed by atoms with Gasteiger partial charge in [0.25, 0.3) is 0 Å². The van der Waals surface area contributed by atoms with E-state index in [1.54, 1.807) is 0 Å². The van der Waals surface area contributed by atoms with E-state index in [0.29, 0.717) is 12.3 Å². The molecular weight excluding hydrogens is 302 g/mol. The summed E-state index contributed by atoms with van der Waals surface area (Å²) in [6.45, 7) is 5.90. The highest BCUT2D eigenvalue weighted by atomic mass is 19.1. The molecule has 1 aromatic carbocycles. The van der Waals surface area contributed by atoms with Crippen molar-refractivity contribution >= 4 is 5.91 Å². The molecule has 1 aromatic heterocycles. The standard InChI is InChI=1S/C17H20F2N2O2/c1-4-17(2,3)21-15(22)7-8-16-20-10-14(23-16)12-6-5-11(18)9-13(12)19/h5-6,9-10H,4,7-8H2,1-3H3,(H,21,22). The summed E-state index contributed by atoms with van der Waals surface area (Å²) in [6, 6.07) is 3.24.